The van der Waals surface area contributed by atoms with E-state index >= 15 is 0 Å². The average Bonchev–Trinajstić information content (AvgIpc) is 3.20. The quantitative estimate of drug-likeness (QED) is 0.496. The van der Waals surface area contributed by atoms with E-state index < -0.39 is 5.54 Å². The Morgan fingerprint density at radius 1 is 0.968 bits per heavy atom. The summed E-state index contributed by atoms with van der Waals surface area (Å²) in [7, 11) is 1.58. The Labute approximate surface area is 180 Å². The van der Waals surface area contributed by atoms with E-state index in [0.717, 1.165) is 16.9 Å². The summed E-state index contributed by atoms with van der Waals surface area (Å²) in [5.41, 5.74) is 3.46. The van der Waals surface area contributed by atoms with Gasteiger partial charge in [-0.25, -0.2) is 14.4 Å². The van der Waals surface area contributed by atoms with Crippen LogP contribution in [0.3, 0.4) is 0 Å². The summed E-state index contributed by atoms with van der Waals surface area (Å²) in [4.78, 5) is 8.82. The molecule has 0 aliphatic heterocycles. The summed E-state index contributed by atoms with van der Waals surface area (Å²) in [6.07, 6.45) is 3.63. The lowest BCUT2D eigenvalue weighted by molar-refractivity contribution is 0.396. The van der Waals surface area contributed by atoms with Crippen molar-refractivity contribution in [2.75, 3.05) is 12.4 Å². The number of halogens is 1. The Bertz CT molecular complexity index is 1190. The van der Waals surface area contributed by atoms with Crippen molar-refractivity contribution in [3.63, 3.8) is 0 Å². The normalized spacial score (nSPS) is 11.4. The van der Waals surface area contributed by atoms with E-state index in [4.69, 9.17) is 4.74 Å². The van der Waals surface area contributed by atoms with E-state index in [1.807, 2.05) is 55.8 Å². The molecule has 0 unspecified atom stereocenters. The topological polar surface area (TPSA) is 77.8 Å². The molecule has 0 aliphatic carbocycles. The highest BCUT2D eigenvalue weighted by Gasteiger charge is 2.21. The number of aryl methyl sites for hydroxylation is 1. The van der Waals surface area contributed by atoms with E-state index in [0.29, 0.717) is 23.1 Å². The smallest absolute Gasteiger partial charge is 0.238 e. The first-order chi connectivity index (χ1) is 14.9. The first-order valence-electron chi connectivity index (χ1n) is 9.80. The van der Waals surface area contributed by atoms with E-state index in [9.17, 15) is 4.39 Å². The van der Waals surface area contributed by atoms with Gasteiger partial charge in [0.15, 0.2) is 0 Å². The molecule has 0 amide bonds. The Kier molecular flexibility index (Phi) is 5.37. The molecule has 0 saturated heterocycles. The predicted octanol–water partition coefficient (Wildman–Crippen LogP) is 4.53. The number of benzene rings is 1. The molecule has 0 spiro atoms. The molecule has 31 heavy (non-hydrogen) atoms. The minimum Gasteiger partial charge on any atom is -0.479 e. The highest BCUT2D eigenvalue weighted by Crippen LogP contribution is 2.27. The van der Waals surface area contributed by atoms with Crippen LogP contribution >= 0.6 is 0 Å². The summed E-state index contributed by atoms with van der Waals surface area (Å²) >= 11 is 0. The van der Waals surface area contributed by atoms with E-state index in [1.54, 1.807) is 25.6 Å². The maximum Gasteiger partial charge on any atom is 0.238 e. The second-order valence-corrected chi connectivity index (χ2v) is 7.71. The first kappa shape index (κ1) is 20.5. The third kappa shape index (κ3) is 4.37. The van der Waals surface area contributed by atoms with Gasteiger partial charge in [-0.15, -0.1) is 10.2 Å². The zero-order valence-electron chi connectivity index (χ0n) is 17.8. The molecule has 1 N–H and O–H groups in total. The fourth-order valence-electron chi connectivity index (χ4n) is 3.27. The van der Waals surface area contributed by atoms with Gasteiger partial charge >= 0.3 is 0 Å². The molecule has 0 atom stereocenters. The van der Waals surface area contributed by atoms with Gasteiger partial charge in [-0.05, 0) is 62.7 Å². The van der Waals surface area contributed by atoms with Gasteiger partial charge in [0.2, 0.25) is 5.88 Å². The number of hydrogen-bond donors (Lipinski definition) is 1. The van der Waals surface area contributed by atoms with Gasteiger partial charge in [-0.2, -0.15) is 0 Å². The van der Waals surface area contributed by atoms with Gasteiger partial charge in [-0.1, -0.05) is 12.1 Å². The van der Waals surface area contributed by atoms with Crippen molar-refractivity contribution < 1.29 is 9.13 Å². The Morgan fingerprint density at radius 3 is 2.32 bits per heavy atom. The molecule has 3 heterocycles. The molecule has 0 aliphatic rings. The number of aromatic nitrogens is 5. The van der Waals surface area contributed by atoms with Gasteiger partial charge in [-0.3, -0.25) is 0 Å². The van der Waals surface area contributed by atoms with Gasteiger partial charge in [0.05, 0.1) is 30.4 Å². The Balaban J connectivity index is 1.56. The summed E-state index contributed by atoms with van der Waals surface area (Å²) in [5, 5.41) is 11.9. The summed E-state index contributed by atoms with van der Waals surface area (Å²) in [5.74, 6) is 0.813. The van der Waals surface area contributed by atoms with Gasteiger partial charge in [0, 0.05) is 6.20 Å². The molecule has 8 heteroatoms. The maximum absolute atomic E-state index is 13.2. The molecule has 0 radical (unpaired) electrons. The zero-order chi connectivity index (χ0) is 22.0. The molecule has 1 aromatic carbocycles. The molecule has 4 rings (SSSR count). The SMILES string of the molecule is COc1nc(-c2ccc(NC(C)(C)c3ccc(F)cc3)nn2)ccc1-n1cnc(C)c1. The van der Waals surface area contributed by atoms with Crippen LogP contribution in [0.25, 0.3) is 17.1 Å². The summed E-state index contributed by atoms with van der Waals surface area (Å²) in [6.45, 7) is 5.92. The van der Waals surface area contributed by atoms with Crippen molar-refractivity contribution in [1.82, 2.24) is 24.7 Å². The second-order valence-electron chi connectivity index (χ2n) is 7.71. The summed E-state index contributed by atoms with van der Waals surface area (Å²) in [6, 6.07) is 13.9. The highest BCUT2D eigenvalue weighted by molar-refractivity contribution is 5.59. The largest absolute Gasteiger partial charge is 0.479 e. The number of ether oxygens (including phenoxy) is 1. The van der Waals surface area contributed by atoms with Crippen molar-refractivity contribution in [3.8, 4) is 23.0 Å². The fourth-order valence-corrected chi connectivity index (χ4v) is 3.27. The molecule has 158 valence electrons. The lowest BCUT2D eigenvalue weighted by Crippen LogP contribution is -2.28. The standard InChI is InChI=1S/C23H23FN6O/c1-15-13-30(14-25-15)20-11-9-18(26-22(20)31-4)19-10-12-21(29-28-19)27-23(2,3)16-5-7-17(24)8-6-16/h5-14H,1-4H3,(H,27,29). The van der Waals surface area contributed by atoms with Crippen molar-refractivity contribution in [2.24, 2.45) is 0 Å². The molecule has 4 aromatic rings. The van der Waals surface area contributed by atoms with Crippen molar-refractivity contribution in [2.45, 2.75) is 26.3 Å². The molecular formula is C23H23FN6O. The first-order valence-corrected chi connectivity index (χ1v) is 9.80. The van der Waals surface area contributed by atoms with Crippen LogP contribution in [0.1, 0.15) is 25.1 Å². The molecule has 7 nitrogen and oxygen atoms in total. The van der Waals surface area contributed by atoms with E-state index in [-0.39, 0.29) is 5.82 Å². The van der Waals surface area contributed by atoms with Crippen LogP contribution in [0, 0.1) is 12.7 Å². The van der Waals surface area contributed by atoms with Crippen LogP contribution in [-0.4, -0.2) is 31.8 Å². The number of methoxy groups -OCH3 is 1. The third-order valence-corrected chi connectivity index (χ3v) is 4.96. The predicted molar refractivity (Wildman–Crippen MR) is 117 cm³/mol. The van der Waals surface area contributed by atoms with Crippen LogP contribution in [0.4, 0.5) is 10.2 Å². The number of hydrogen-bond acceptors (Lipinski definition) is 6. The Hall–Kier alpha value is -3.81. The number of rotatable bonds is 6. The number of nitrogens with zero attached hydrogens (tertiary/aromatic N) is 5. The summed E-state index contributed by atoms with van der Waals surface area (Å²) < 4.78 is 20.6. The molecule has 0 bridgehead atoms. The zero-order valence-corrected chi connectivity index (χ0v) is 17.8. The third-order valence-electron chi connectivity index (χ3n) is 4.96. The Morgan fingerprint density at radius 2 is 1.71 bits per heavy atom. The second kappa shape index (κ2) is 8.14. The van der Waals surface area contributed by atoms with Crippen LogP contribution in [0.15, 0.2) is 61.1 Å². The number of pyridine rings is 1. The number of imidazole rings is 1. The minimum atomic E-state index is -0.448. The van der Waals surface area contributed by atoms with E-state index in [1.165, 1.54) is 12.1 Å². The number of anilines is 1. The lowest BCUT2D eigenvalue weighted by Gasteiger charge is -2.27. The van der Waals surface area contributed by atoms with Crippen molar-refractivity contribution in [3.05, 3.63) is 78.1 Å². The number of nitrogens with one attached hydrogen (secondary N) is 1. The monoisotopic (exact) mass is 418 g/mol. The molecular weight excluding hydrogens is 395 g/mol. The minimum absolute atomic E-state index is 0.263. The van der Waals surface area contributed by atoms with Crippen LogP contribution < -0.4 is 10.1 Å². The molecule has 0 fully saturated rings. The van der Waals surface area contributed by atoms with Crippen molar-refractivity contribution >= 4 is 5.82 Å². The van der Waals surface area contributed by atoms with Gasteiger partial charge in [0.1, 0.15) is 23.0 Å². The van der Waals surface area contributed by atoms with Crippen molar-refractivity contribution in [1.29, 1.82) is 0 Å². The van der Waals surface area contributed by atoms with E-state index in [2.05, 4.69) is 25.5 Å². The van der Waals surface area contributed by atoms with Crippen LogP contribution in [0.5, 0.6) is 5.88 Å². The van der Waals surface area contributed by atoms with Gasteiger partial charge in [0.25, 0.3) is 0 Å². The molecule has 3 aromatic heterocycles. The fraction of sp³-hybridized carbons (Fsp3) is 0.217. The lowest BCUT2D eigenvalue weighted by atomic mass is 9.94. The molecule has 0 saturated carbocycles. The van der Waals surface area contributed by atoms with Crippen LogP contribution in [-0.2, 0) is 5.54 Å². The van der Waals surface area contributed by atoms with Crippen LogP contribution in [0.2, 0.25) is 0 Å². The van der Waals surface area contributed by atoms with Gasteiger partial charge < -0.3 is 14.6 Å². The maximum atomic E-state index is 13.2. The highest BCUT2D eigenvalue weighted by atomic mass is 19.1. The average molecular weight is 418 g/mol.